The number of aromatic nitrogens is 1. The number of ether oxygens (including phenoxy) is 1. The van der Waals surface area contributed by atoms with Crippen LogP contribution in [0.5, 0.6) is 5.75 Å². The SMILES string of the molecule is O=C(CCC(O)c1ccc2c(c1)OC(F)(F)C(F)(F)S2)c1ccccn1. The molecule has 0 spiro atoms. The molecule has 0 saturated carbocycles. The summed E-state index contributed by atoms with van der Waals surface area (Å²) < 4.78 is 57.4. The Morgan fingerprint density at radius 3 is 2.69 bits per heavy atom. The second-order valence-electron chi connectivity index (χ2n) is 5.64. The van der Waals surface area contributed by atoms with Gasteiger partial charge in [-0.3, -0.25) is 9.78 Å². The Balaban J connectivity index is 1.70. The minimum Gasteiger partial charge on any atom is -0.426 e. The summed E-state index contributed by atoms with van der Waals surface area (Å²) in [5.41, 5.74) is 0.450. The van der Waals surface area contributed by atoms with Gasteiger partial charge in [-0.15, -0.1) is 0 Å². The second-order valence-corrected chi connectivity index (χ2v) is 6.79. The summed E-state index contributed by atoms with van der Waals surface area (Å²) in [6.07, 6.45) is -4.31. The number of thioether (sulfide) groups is 1. The molecule has 1 aliphatic rings. The van der Waals surface area contributed by atoms with Gasteiger partial charge in [0.2, 0.25) is 0 Å². The number of alkyl halides is 4. The number of aliphatic hydroxyl groups excluding tert-OH is 1. The fourth-order valence-electron chi connectivity index (χ4n) is 2.38. The van der Waals surface area contributed by atoms with E-state index in [2.05, 4.69) is 9.72 Å². The lowest BCUT2D eigenvalue weighted by atomic mass is 10.0. The zero-order valence-electron chi connectivity index (χ0n) is 13.2. The number of hydrogen-bond donors (Lipinski definition) is 1. The van der Waals surface area contributed by atoms with Crippen LogP contribution < -0.4 is 4.74 Å². The van der Waals surface area contributed by atoms with Crippen molar-refractivity contribution in [3.8, 4) is 5.75 Å². The van der Waals surface area contributed by atoms with Crippen LogP contribution in [0.1, 0.15) is 35.0 Å². The lowest BCUT2D eigenvalue weighted by Gasteiger charge is -2.31. The second kappa shape index (κ2) is 6.88. The predicted molar refractivity (Wildman–Crippen MR) is 85.6 cm³/mol. The molecule has 0 saturated heterocycles. The Bertz CT molecular complexity index is 817. The molecule has 4 nitrogen and oxygen atoms in total. The molecule has 0 radical (unpaired) electrons. The smallest absolute Gasteiger partial charge is 0.426 e. The van der Waals surface area contributed by atoms with Crippen molar-refractivity contribution in [3.05, 3.63) is 53.9 Å². The van der Waals surface area contributed by atoms with Gasteiger partial charge in [0, 0.05) is 12.6 Å². The highest BCUT2D eigenvalue weighted by atomic mass is 32.2. The molecule has 1 aromatic carbocycles. The number of rotatable bonds is 5. The molecule has 0 bridgehead atoms. The van der Waals surface area contributed by atoms with E-state index in [0.717, 1.165) is 6.07 Å². The molecule has 2 heterocycles. The zero-order chi connectivity index (χ0) is 18.9. The molecule has 0 fully saturated rings. The quantitative estimate of drug-likeness (QED) is 0.607. The number of carbonyl (C=O) groups is 1. The van der Waals surface area contributed by atoms with Crippen LogP contribution in [-0.4, -0.2) is 27.2 Å². The van der Waals surface area contributed by atoms with Crippen molar-refractivity contribution in [1.29, 1.82) is 0 Å². The van der Waals surface area contributed by atoms with E-state index < -0.39 is 23.2 Å². The van der Waals surface area contributed by atoms with E-state index in [0.29, 0.717) is 0 Å². The Morgan fingerprint density at radius 1 is 1.23 bits per heavy atom. The molecule has 2 aromatic rings. The standard InChI is InChI=1S/C17H13F4NO3S/c18-16(19)17(20,21)26-15-7-4-10(9-14(15)25-16)12(23)5-6-13(24)11-3-1-2-8-22-11/h1-4,7-9,12,23H,5-6H2. The molecule has 1 N–H and O–H groups in total. The molecule has 1 atom stereocenters. The van der Waals surface area contributed by atoms with Gasteiger partial charge < -0.3 is 9.84 Å². The first-order valence-electron chi connectivity index (χ1n) is 7.59. The van der Waals surface area contributed by atoms with Crippen molar-refractivity contribution in [3.63, 3.8) is 0 Å². The van der Waals surface area contributed by atoms with Crippen LogP contribution in [0, 0.1) is 0 Å². The molecular weight excluding hydrogens is 374 g/mol. The first-order chi connectivity index (χ1) is 12.2. The van der Waals surface area contributed by atoms with Crippen molar-refractivity contribution in [1.82, 2.24) is 4.98 Å². The lowest BCUT2D eigenvalue weighted by Crippen LogP contribution is -2.45. The van der Waals surface area contributed by atoms with Crippen LogP contribution in [-0.2, 0) is 0 Å². The third kappa shape index (κ3) is 3.68. The van der Waals surface area contributed by atoms with E-state index in [9.17, 15) is 27.5 Å². The monoisotopic (exact) mass is 387 g/mol. The topological polar surface area (TPSA) is 59.4 Å². The van der Waals surface area contributed by atoms with Crippen LogP contribution in [0.4, 0.5) is 17.6 Å². The normalized spacial score (nSPS) is 18.5. The van der Waals surface area contributed by atoms with Gasteiger partial charge in [-0.05, 0) is 48.0 Å². The van der Waals surface area contributed by atoms with Gasteiger partial charge in [0.25, 0.3) is 0 Å². The number of aliphatic hydroxyl groups is 1. The number of ketones is 1. The van der Waals surface area contributed by atoms with Crippen molar-refractivity contribution < 1.29 is 32.2 Å². The molecule has 1 aliphatic heterocycles. The van der Waals surface area contributed by atoms with Crippen molar-refractivity contribution in [2.24, 2.45) is 0 Å². The highest BCUT2D eigenvalue weighted by Crippen LogP contribution is 2.54. The molecule has 1 unspecified atom stereocenters. The molecule has 26 heavy (non-hydrogen) atoms. The summed E-state index contributed by atoms with van der Waals surface area (Å²) in [7, 11) is 0. The third-order valence-electron chi connectivity index (χ3n) is 3.76. The zero-order valence-corrected chi connectivity index (χ0v) is 14.0. The average Bonchev–Trinajstić information content (AvgIpc) is 2.60. The third-order valence-corrected chi connectivity index (χ3v) is 4.81. The summed E-state index contributed by atoms with van der Waals surface area (Å²) in [6, 6.07) is 8.47. The minimum absolute atomic E-state index is 0.0148. The summed E-state index contributed by atoms with van der Waals surface area (Å²) in [5, 5.41) is 5.80. The maximum Gasteiger partial charge on any atom is 0.475 e. The number of benzene rings is 1. The van der Waals surface area contributed by atoms with E-state index in [4.69, 9.17) is 0 Å². The Hall–Kier alpha value is -2.13. The maximum atomic E-state index is 13.3. The number of carbonyl (C=O) groups excluding carboxylic acids is 1. The van der Waals surface area contributed by atoms with Crippen LogP contribution in [0.3, 0.4) is 0 Å². The highest BCUT2D eigenvalue weighted by molar-refractivity contribution is 8.00. The number of Topliss-reactive ketones (excluding diaryl/α,β-unsaturated/α-hetero) is 1. The van der Waals surface area contributed by atoms with E-state index in [1.54, 1.807) is 18.2 Å². The molecular formula is C17H13F4NO3S. The fraction of sp³-hybridized carbons (Fsp3) is 0.294. The Kier molecular flexibility index (Phi) is 4.94. The van der Waals surface area contributed by atoms with E-state index in [1.807, 2.05) is 0 Å². The number of nitrogens with zero attached hydrogens (tertiary/aromatic N) is 1. The van der Waals surface area contributed by atoms with Gasteiger partial charge in [0.1, 0.15) is 11.4 Å². The number of hydrogen-bond acceptors (Lipinski definition) is 5. The number of pyridine rings is 1. The maximum absolute atomic E-state index is 13.3. The summed E-state index contributed by atoms with van der Waals surface area (Å²) in [5.74, 6) is -0.709. The molecule has 138 valence electrons. The van der Waals surface area contributed by atoms with Crippen molar-refractivity contribution in [2.75, 3.05) is 0 Å². The van der Waals surface area contributed by atoms with Gasteiger partial charge >= 0.3 is 11.4 Å². The molecule has 0 amide bonds. The first kappa shape index (κ1) is 18.7. The van der Waals surface area contributed by atoms with Gasteiger partial charge in [0.15, 0.2) is 5.78 Å². The largest absolute Gasteiger partial charge is 0.475 e. The molecule has 0 aliphatic carbocycles. The van der Waals surface area contributed by atoms with Gasteiger partial charge in [0.05, 0.1) is 11.0 Å². The molecule has 3 rings (SSSR count). The minimum atomic E-state index is -4.65. The summed E-state index contributed by atoms with van der Waals surface area (Å²) in [4.78, 5) is 15.7. The summed E-state index contributed by atoms with van der Waals surface area (Å²) >= 11 is -0.295. The first-order valence-corrected chi connectivity index (χ1v) is 8.41. The Labute approximate surface area is 150 Å². The average molecular weight is 387 g/mol. The Morgan fingerprint density at radius 2 is 2.00 bits per heavy atom. The van der Waals surface area contributed by atoms with Crippen LogP contribution in [0.15, 0.2) is 47.5 Å². The van der Waals surface area contributed by atoms with E-state index in [-0.39, 0.29) is 46.5 Å². The molecule has 9 heteroatoms. The van der Waals surface area contributed by atoms with Gasteiger partial charge in [-0.25, -0.2) is 0 Å². The number of halogens is 4. The van der Waals surface area contributed by atoms with Crippen molar-refractivity contribution >= 4 is 17.5 Å². The van der Waals surface area contributed by atoms with Crippen LogP contribution >= 0.6 is 11.8 Å². The van der Waals surface area contributed by atoms with E-state index in [1.165, 1.54) is 18.3 Å². The molecule has 1 aromatic heterocycles. The predicted octanol–water partition coefficient (Wildman–Crippen LogP) is 4.45. The van der Waals surface area contributed by atoms with Crippen LogP contribution in [0.25, 0.3) is 0 Å². The number of fused-ring (bicyclic) bond motifs is 1. The van der Waals surface area contributed by atoms with Crippen LogP contribution in [0.2, 0.25) is 0 Å². The van der Waals surface area contributed by atoms with Crippen molar-refractivity contribution in [2.45, 2.75) is 35.2 Å². The summed E-state index contributed by atoms with van der Waals surface area (Å²) in [6.45, 7) is 0. The highest BCUT2D eigenvalue weighted by Gasteiger charge is 2.63. The fourth-order valence-corrected chi connectivity index (χ4v) is 3.16. The van der Waals surface area contributed by atoms with Gasteiger partial charge in [-0.1, -0.05) is 12.1 Å². The lowest BCUT2D eigenvalue weighted by molar-refractivity contribution is -0.273. The van der Waals surface area contributed by atoms with Gasteiger partial charge in [-0.2, -0.15) is 17.6 Å². The van der Waals surface area contributed by atoms with E-state index >= 15 is 0 Å².